The summed E-state index contributed by atoms with van der Waals surface area (Å²) < 4.78 is 0. The Balaban J connectivity index is 1.79. The average molecular weight is 320 g/mol. The fraction of sp³-hybridized carbons (Fsp3) is 0.333. The molecule has 0 heterocycles. The second-order valence-electron chi connectivity index (χ2n) is 5.78. The Morgan fingerprint density at radius 2 is 1.67 bits per heavy atom. The van der Waals surface area contributed by atoms with Crippen LogP contribution >= 0.6 is 23.2 Å². The van der Waals surface area contributed by atoms with Crippen LogP contribution in [-0.2, 0) is 0 Å². The van der Waals surface area contributed by atoms with Crippen molar-refractivity contribution < 1.29 is 0 Å². The fourth-order valence-electron chi connectivity index (χ4n) is 2.79. The van der Waals surface area contributed by atoms with Crippen molar-refractivity contribution in [1.29, 1.82) is 0 Å². The van der Waals surface area contributed by atoms with Crippen LogP contribution in [0.4, 0.5) is 0 Å². The van der Waals surface area contributed by atoms with Crippen molar-refractivity contribution in [3.63, 3.8) is 0 Å². The van der Waals surface area contributed by atoms with Crippen LogP contribution in [0.5, 0.6) is 0 Å². The molecular weight excluding hydrogens is 301 g/mol. The minimum atomic E-state index is 0.222. The highest BCUT2D eigenvalue weighted by atomic mass is 35.5. The summed E-state index contributed by atoms with van der Waals surface area (Å²) in [7, 11) is 0. The SMILES string of the molecule is C[C@@H](NC(c1ccc(Cl)cc1)C1CC1)c1ccccc1Cl. The Kier molecular flexibility index (Phi) is 4.54. The lowest BCUT2D eigenvalue weighted by Crippen LogP contribution is -2.26. The molecule has 21 heavy (non-hydrogen) atoms. The molecule has 0 aliphatic heterocycles. The molecule has 1 aliphatic rings. The molecule has 1 N–H and O–H groups in total. The number of benzene rings is 2. The molecule has 2 aromatic rings. The number of hydrogen-bond donors (Lipinski definition) is 1. The Hall–Kier alpha value is -1.02. The van der Waals surface area contributed by atoms with Crippen molar-refractivity contribution in [2.45, 2.75) is 31.8 Å². The van der Waals surface area contributed by atoms with Crippen LogP contribution in [-0.4, -0.2) is 0 Å². The highest BCUT2D eigenvalue weighted by molar-refractivity contribution is 6.31. The third-order valence-electron chi connectivity index (χ3n) is 4.12. The van der Waals surface area contributed by atoms with Gasteiger partial charge in [-0.05, 0) is 55.0 Å². The molecule has 0 aromatic heterocycles. The smallest absolute Gasteiger partial charge is 0.0453 e. The predicted octanol–water partition coefficient (Wildman–Crippen LogP) is 5.80. The van der Waals surface area contributed by atoms with Gasteiger partial charge in [-0.15, -0.1) is 0 Å². The van der Waals surface area contributed by atoms with Crippen LogP contribution in [0.25, 0.3) is 0 Å². The largest absolute Gasteiger partial charge is 0.303 e. The van der Waals surface area contributed by atoms with Gasteiger partial charge in [-0.25, -0.2) is 0 Å². The molecule has 0 spiro atoms. The van der Waals surface area contributed by atoms with Gasteiger partial charge in [-0.2, -0.15) is 0 Å². The Morgan fingerprint density at radius 1 is 1.00 bits per heavy atom. The monoisotopic (exact) mass is 319 g/mol. The van der Waals surface area contributed by atoms with E-state index in [1.54, 1.807) is 0 Å². The van der Waals surface area contributed by atoms with E-state index in [1.165, 1.54) is 18.4 Å². The van der Waals surface area contributed by atoms with Crippen LogP contribution in [0.1, 0.15) is 43.0 Å². The molecule has 1 aliphatic carbocycles. The second-order valence-corrected chi connectivity index (χ2v) is 6.62. The summed E-state index contributed by atoms with van der Waals surface area (Å²) in [4.78, 5) is 0. The van der Waals surface area contributed by atoms with E-state index < -0.39 is 0 Å². The zero-order valence-corrected chi connectivity index (χ0v) is 13.5. The molecule has 0 amide bonds. The van der Waals surface area contributed by atoms with Crippen LogP contribution in [0.15, 0.2) is 48.5 Å². The lowest BCUT2D eigenvalue weighted by Gasteiger charge is -2.25. The van der Waals surface area contributed by atoms with Crippen molar-refractivity contribution >= 4 is 23.2 Å². The van der Waals surface area contributed by atoms with Gasteiger partial charge in [0.05, 0.1) is 0 Å². The summed E-state index contributed by atoms with van der Waals surface area (Å²) in [5.41, 5.74) is 2.46. The molecule has 1 unspecified atom stereocenters. The average Bonchev–Trinajstić information content (AvgIpc) is 3.31. The van der Waals surface area contributed by atoms with E-state index in [9.17, 15) is 0 Å². The molecule has 0 saturated heterocycles. The van der Waals surface area contributed by atoms with Gasteiger partial charge >= 0.3 is 0 Å². The van der Waals surface area contributed by atoms with E-state index in [0.29, 0.717) is 6.04 Å². The first-order chi connectivity index (χ1) is 10.1. The van der Waals surface area contributed by atoms with Crippen LogP contribution in [0, 0.1) is 5.92 Å². The van der Waals surface area contributed by atoms with Crippen molar-refractivity contribution in [3.8, 4) is 0 Å². The molecule has 2 atom stereocenters. The van der Waals surface area contributed by atoms with Crippen molar-refractivity contribution in [2.75, 3.05) is 0 Å². The van der Waals surface area contributed by atoms with E-state index in [4.69, 9.17) is 23.2 Å². The first kappa shape index (κ1) is 14.9. The maximum atomic E-state index is 6.31. The molecule has 3 heteroatoms. The lowest BCUT2D eigenvalue weighted by atomic mass is 9.99. The number of rotatable bonds is 5. The van der Waals surface area contributed by atoms with Gasteiger partial charge in [-0.3, -0.25) is 0 Å². The molecule has 1 saturated carbocycles. The summed E-state index contributed by atoms with van der Waals surface area (Å²) >= 11 is 12.3. The van der Waals surface area contributed by atoms with Gasteiger partial charge < -0.3 is 5.32 Å². The lowest BCUT2D eigenvalue weighted by molar-refractivity contribution is 0.427. The molecular formula is C18H19Cl2N. The third kappa shape index (κ3) is 3.60. The normalized spacial score (nSPS) is 17.5. The maximum absolute atomic E-state index is 6.31. The van der Waals surface area contributed by atoms with E-state index in [-0.39, 0.29) is 6.04 Å². The molecule has 1 nitrogen and oxygen atoms in total. The minimum Gasteiger partial charge on any atom is -0.303 e. The highest BCUT2D eigenvalue weighted by Crippen LogP contribution is 2.42. The van der Waals surface area contributed by atoms with Gasteiger partial charge in [-0.1, -0.05) is 53.5 Å². The summed E-state index contributed by atoms with van der Waals surface area (Å²) in [6.45, 7) is 2.17. The quantitative estimate of drug-likeness (QED) is 0.734. The molecule has 2 aromatic carbocycles. The molecule has 3 rings (SSSR count). The number of hydrogen-bond acceptors (Lipinski definition) is 1. The van der Waals surface area contributed by atoms with E-state index in [0.717, 1.165) is 21.5 Å². The zero-order chi connectivity index (χ0) is 14.8. The third-order valence-corrected chi connectivity index (χ3v) is 4.72. The van der Waals surface area contributed by atoms with Crippen LogP contribution < -0.4 is 5.32 Å². The van der Waals surface area contributed by atoms with E-state index >= 15 is 0 Å². The topological polar surface area (TPSA) is 12.0 Å². The van der Waals surface area contributed by atoms with E-state index in [1.807, 2.05) is 30.3 Å². The molecule has 0 radical (unpaired) electrons. The first-order valence-corrected chi connectivity index (χ1v) is 8.16. The maximum Gasteiger partial charge on any atom is 0.0453 e. The Morgan fingerprint density at radius 3 is 2.29 bits per heavy atom. The Labute approximate surface area is 136 Å². The van der Waals surface area contributed by atoms with Gasteiger partial charge in [0, 0.05) is 22.1 Å². The minimum absolute atomic E-state index is 0.222. The van der Waals surface area contributed by atoms with Gasteiger partial charge in [0.2, 0.25) is 0 Å². The van der Waals surface area contributed by atoms with Crippen molar-refractivity contribution in [2.24, 2.45) is 5.92 Å². The number of nitrogens with one attached hydrogen (secondary N) is 1. The fourth-order valence-corrected chi connectivity index (χ4v) is 3.21. The Bertz CT molecular complexity index is 605. The highest BCUT2D eigenvalue weighted by Gasteiger charge is 2.33. The van der Waals surface area contributed by atoms with Gasteiger partial charge in [0.25, 0.3) is 0 Å². The summed E-state index contributed by atoms with van der Waals surface area (Å²) in [6, 6.07) is 16.8. The predicted molar refractivity (Wildman–Crippen MR) is 89.9 cm³/mol. The summed E-state index contributed by atoms with van der Waals surface area (Å²) in [6.07, 6.45) is 2.57. The van der Waals surface area contributed by atoms with Gasteiger partial charge in [0.1, 0.15) is 0 Å². The van der Waals surface area contributed by atoms with Crippen molar-refractivity contribution in [3.05, 3.63) is 69.7 Å². The van der Waals surface area contributed by atoms with Gasteiger partial charge in [0.15, 0.2) is 0 Å². The molecule has 0 bridgehead atoms. The second kappa shape index (κ2) is 6.39. The summed E-state index contributed by atoms with van der Waals surface area (Å²) in [5, 5.41) is 5.35. The van der Waals surface area contributed by atoms with Crippen LogP contribution in [0.2, 0.25) is 10.0 Å². The zero-order valence-electron chi connectivity index (χ0n) is 12.0. The van der Waals surface area contributed by atoms with Crippen LogP contribution in [0.3, 0.4) is 0 Å². The van der Waals surface area contributed by atoms with Crippen molar-refractivity contribution in [1.82, 2.24) is 5.32 Å². The summed E-state index contributed by atoms with van der Waals surface area (Å²) in [5.74, 6) is 0.719. The molecule has 1 fully saturated rings. The first-order valence-electron chi connectivity index (χ1n) is 7.41. The molecule has 110 valence electrons. The van der Waals surface area contributed by atoms with E-state index in [2.05, 4.69) is 30.4 Å². The number of halogens is 2. The standard InChI is InChI=1S/C18H19Cl2N/c1-12(16-4-2-3-5-17(16)20)21-18(13-6-7-13)14-8-10-15(19)11-9-14/h2-5,8-13,18,21H,6-7H2,1H3/t12-,18?/m1/s1.